The van der Waals surface area contributed by atoms with Crippen molar-refractivity contribution < 1.29 is 14.7 Å². The monoisotopic (exact) mass is 338 g/mol. The second-order valence-corrected chi connectivity index (χ2v) is 6.41. The zero-order chi connectivity index (χ0) is 16.8. The minimum absolute atomic E-state index is 0.0670. The fourth-order valence-corrected chi connectivity index (χ4v) is 3.01. The van der Waals surface area contributed by atoms with E-state index in [4.69, 9.17) is 16.7 Å². The van der Waals surface area contributed by atoms with E-state index in [1.165, 1.54) is 0 Å². The number of benzene rings is 1. The molecule has 0 aliphatic heterocycles. The summed E-state index contributed by atoms with van der Waals surface area (Å²) < 4.78 is 0. The number of carbonyl (C=O) groups excluding carboxylic acids is 1. The van der Waals surface area contributed by atoms with Crippen LogP contribution in [0.2, 0.25) is 5.02 Å². The Morgan fingerprint density at radius 3 is 2.35 bits per heavy atom. The predicted octanol–water partition coefficient (Wildman–Crippen LogP) is 3.51. The number of carbonyl (C=O) groups is 2. The Kier molecular flexibility index (Phi) is 6.28. The average molecular weight is 339 g/mol. The van der Waals surface area contributed by atoms with E-state index >= 15 is 0 Å². The summed E-state index contributed by atoms with van der Waals surface area (Å²) in [5.41, 5.74) is 1.03. The van der Waals surface area contributed by atoms with Gasteiger partial charge < -0.3 is 15.3 Å². The molecule has 0 bridgehead atoms. The Morgan fingerprint density at radius 2 is 1.83 bits per heavy atom. The van der Waals surface area contributed by atoms with Crippen LogP contribution < -0.4 is 5.32 Å². The maximum Gasteiger partial charge on any atom is 0.317 e. The molecule has 5 nitrogen and oxygen atoms in total. The smallest absolute Gasteiger partial charge is 0.317 e. The molecule has 0 saturated heterocycles. The summed E-state index contributed by atoms with van der Waals surface area (Å²) in [7, 11) is 0. The third-order valence-corrected chi connectivity index (χ3v) is 4.61. The summed E-state index contributed by atoms with van der Waals surface area (Å²) in [5.74, 6) is -0.993. The molecule has 0 radical (unpaired) electrons. The summed E-state index contributed by atoms with van der Waals surface area (Å²) >= 11 is 5.87. The standard InChI is InChI=1S/C17H23ClN2O3/c1-2-20(11-12-3-7-14(18)8-4-12)17(23)19-15-9-5-13(6-10-15)16(21)22/h3-4,7-8,13,15H,2,5-6,9-11H2,1H3,(H,19,23)(H,21,22). The molecule has 6 heteroatoms. The molecule has 1 saturated carbocycles. The van der Waals surface area contributed by atoms with Crippen molar-refractivity contribution in [1.82, 2.24) is 10.2 Å². The lowest BCUT2D eigenvalue weighted by atomic mass is 9.86. The molecule has 0 unspecified atom stereocenters. The van der Waals surface area contributed by atoms with Gasteiger partial charge in [-0.2, -0.15) is 0 Å². The maximum atomic E-state index is 12.4. The Balaban J connectivity index is 1.85. The zero-order valence-corrected chi connectivity index (χ0v) is 14.1. The summed E-state index contributed by atoms with van der Waals surface area (Å²) in [6, 6.07) is 7.43. The summed E-state index contributed by atoms with van der Waals surface area (Å²) in [6.07, 6.45) is 2.70. The van der Waals surface area contributed by atoms with Crippen LogP contribution in [-0.4, -0.2) is 34.6 Å². The SMILES string of the molecule is CCN(Cc1ccc(Cl)cc1)C(=O)NC1CCC(C(=O)O)CC1. The van der Waals surface area contributed by atoms with Crippen LogP contribution in [0.5, 0.6) is 0 Å². The predicted molar refractivity (Wildman–Crippen MR) is 89.4 cm³/mol. The largest absolute Gasteiger partial charge is 0.481 e. The van der Waals surface area contributed by atoms with Crippen molar-refractivity contribution >= 4 is 23.6 Å². The molecule has 1 aliphatic carbocycles. The molecule has 2 rings (SSSR count). The average Bonchev–Trinajstić information content (AvgIpc) is 2.54. The molecule has 0 spiro atoms. The molecule has 0 heterocycles. The topological polar surface area (TPSA) is 69.6 Å². The molecule has 126 valence electrons. The van der Waals surface area contributed by atoms with Gasteiger partial charge in [-0.05, 0) is 50.3 Å². The Hall–Kier alpha value is -1.75. The second-order valence-electron chi connectivity index (χ2n) is 5.98. The van der Waals surface area contributed by atoms with Gasteiger partial charge in [0.1, 0.15) is 0 Å². The van der Waals surface area contributed by atoms with Crippen molar-refractivity contribution in [3.63, 3.8) is 0 Å². The van der Waals surface area contributed by atoms with Crippen LogP contribution >= 0.6 is 11.6 Å². The van der Waals surface area contributed by atoms with E-state index in [2.05, 4.69) is 5.32 Å². The molecule has 0 aromatic heterocycles. The minimum Gasteiger partial charge on any atom is -0.481 e. The van der Waals surface area contributed by atoms with Gasteiger partial charge in [0.2, 0.25) is 0 Å². The van der Waals surface area contributed by atoms with Gasteiger partial charge in [-0.15, -0.1) is 0 Å². The maximum absolute atomic E-state index is 12.4. The number of nitrogens with one attached hydrogen (secondary N) is 1. The highest BCUT2D eigenvalue weighted by Gasteiger charge is 2.27. The van der Waals surface area contributed by atoms with Crippen LogP contribution in [0.25, 0.3) is 0 Å². The molecular weight excluding hydrogens is 316 g/mol. The summed E-state index contributed by atoms with van der Waals surface area (Å²) in [4.78, 5) is 25.1. The van der Waals surface area contributed by atoms with Crippen LogP contribution in [0.3, 0.4) is 0 Å². The number of urea groups is 1. The summed E-state index contributed by atoms with van der Waals surface area (Å²) in [6.45, 7) is 3.08. The van der Waals surface area contributed by atoms with E-state index in [1.807, 2.05) is 31.2 Å². The third kappa shape index (κ3) is 5.13. The van der Waals surface area contributed by atoms with Crippen molar-refractivity contribution in [2.75, 3.05) is 6.54 Å². The number of hydrogen-bond acceptors (Lipinski definition) is 2. The van der Waals surface area contributed by atoms with Gasteiger partial charge in [0.05, 0.1) is 5.92 Å². The molecule has 2 N–H and O–H groups in total. The Bertz CT molecular complexity index is 539. The van der Waals surface area contributed by atoms with Crippen LogP contribution in [0, 0.1) is 5.92 Å². The van der Waals surface area contributed by atoms with E-state index in [9.17, 15) is 9.59 Å². The number of rotatable bonds is 5. The second kappa shape index (κ2) is 8.20. The van der Waals surface area contributed by atoms with Crippen molar-refractivity contribution in [3.05, 3.63) is 34.9 Å². The molecule has 1 aromatic carbocycles. The first-order valence-electron chi connectivity index (χ1n) is 8.02. The Labute approximate surface area is 141 Å². The number of carboxylic acids is 1. The van der Waals surface area contributed by atoms with Gasteiger partial charge in [0.15, 0.2) is 0 Å². The van der Waals surface area contributed by atoms with Crippen molar-refractivity contribution in [2.45, 2.75) is 45.2 Å². The lowest BCUT2D eigenvalue weighted by Crippen LogP contribution is -2.46. The molecule has 1 fully saturated rings. The lowest BCUT2D eigenvalue weighted by molar-refractivity contribution is -0.142. The molecule has 1 aliphatic rings. The molecule has 0 atom stereocenters. The number of carboxylic acid groups (broad SMARTS) is 1. The van der Waals surface area contributed by atoms with Gasteiger partial charge in [-0.3, -0.25) is 4.79 Å². The van der Waals surface area contributed by atoms with Crippen molar-refractivity contribution in [2.24, 2.45) is 5.92 Å². The number of amides is 2. The van der Waals surface area contributed by atoms with E-state index in [0.29, 0.717) is 31.0 Å². The van der Waals surface area contributed by atoms with Gasteiger partial charge in [-0.1, -0.05) is 23.7 Å². The zero-order valence-electron chi connectivity index (χ0n) is 13.3. The van der Waals surface area contributed by atoms with Gasteiger partial charge >= 0.3 is 12.0 Å². The lowest BCUT2D eigenvalue weighted by Gasteiger charge is -2.30. The van der Waals surface area contributed by atoms with Crippen LogP contribution in [-0.2, 0) is 11.3 Å². The third-order valence-electron chi connectivity index (χ3n) is 4.36. The van der Waals surface area contributed by atoms with Crippen LogP contribution in [0.1, 0.15) is 38.2 Å². The molecular formula is C17H23ClN2O3. The Morgan fingerprint density at radius 1 is 1.22 bits per heavy atom. The summed E-state index contributed by atoms with van der Waals surface area (Å²) in [5, 5.41) is 12.7. The van der Waals surface area contributed by atoms with Gasteiger partial charge in [0, 0.05) is 24.2 Å². The number of aliphatic carboxylic acids is 1. The highest BCUT2D eigenvalue weighted by atomic mass is 35.5. The normalized spacial score (nSPS) is 20.8. The molecule has 23 heavy (non-hydrogen) atoms. The van der Waals surface area contributed by atoms with E-state index in [1.54, 1.807) is 4.90 Å². The highest BCUT2D eigenvalue weighted by Crippen LogP contribution is 2.24. The molecule has 2 amide bonds. The number of hydrogen-bond donors (Lipinski definition) is 2. The number of halogens is 1. The van der Waals surface area contributed by atoms with E-state index < -0.39 is 5.97 Å². The number of nitrogens with zero attached hydrogens (tertiary/aromatic N) is 1. The van der Waals surface area contributed by atoms with Crippen LogP contribution in [0.4, 0.5) is 4.79 Å². The van der Waals surface area contributed by atoms with Crippen LogP contribution in [0.15, 0.2) is 24.3 Å². The quantitative estimate of drug-likeness (QED) is 0.863. The minimum atomic E-state index is -0.729. The fraction of sp³-hybridized carbons (Fsp3) is 0.529. The van der Waals surface area contributed by atoms with Gasteiger partial charge in [-0.25, -0.2) is 4.79 Å². The first-order valence-corrected chi connectivity index (χ1v) is 8.40. The first kappa shape index (κ1) is 17.6. The van der Waals surface area contributed by atoms with Crippen molar-refractivity contribution in [1.29, 1.82) is 0 Å². The van der Waals surface area contributed by atoms with Crippen molar-refractivity contribution in [3.8, 4) is 0 Å². The van der Waals surface area contributed by atoms with Gasteiger partial charge in [0.25, 0.3) is 0 Å². The van der Waals surface area contributed by atoms with E-state index in [0.717, 1.165) is 18.4 Å². The highest BCUT2D eigenvalue weighted by molar-refractivity contribution is 6.30. The first-order chi connectivity index (χ1) is 11.0. The fourth-order valence-electron chi connectivity index (χ4n) is 2.89. The molecule has 1 aromatic rings. The van der Waals surface area contributed by atoms with E-state index in [-0.39, 0.29) is 18.0 Å².